The van der Waals surface area contributed by atoms with E-state index in [9.17, 15) is 0 Å². The van der Waals surface area contributed by atoms with Gasteiger partial charge < -0.3 is 10.1 Å². The van der Waals surface area contributed by atoms with Crippen LogP contribution in [-0.4, -0.2) is 19.2 Å². The van der Waals surface area contributed by atoms with Crippen molar-refractivity contribution < 1.29 is 4.74 Å². The number of benzene rings is 1. The van der Waals surface area contributed by atoms with E-state index >= 15 is 0 Å². The number of hydrogen-bond acceptors (Lipinski definition) is 2. The van der Waals surface area contributed by atoms with Crippen molar-refractivity contribution >= 4 is 15.9 Å². The van der Waals surface area contributed by atoms with Gasteiger partial charge in [0.05, 0.1) is 11.1 Å². The van der Waals surface area contributed by atoms with Crippen LogP contribution < -0.4 is 10.1 Å². The molecule has 1 fully saturated rings. The Kier molecular flexibility index (Phi) is 4.24. The van der Waals surface area contributed by atoms with Gasteiger partial charge in [0, 0.05) is 18.5 Å². The Bertz CT molecular complexity index is 338. The molecule has 88 valence electrons. The molecule has 1 aromatic carbocycles. The molecule has 1 aromatic rings. The van der Waals surface area contributed by atoms with Crippen molar-refractivity contribution in [3.63, 3.8) is 0 Å². The van der Waals surface area contributed by atoms with Gasteiger partial charge in [-0.2, -0.15) is 0 Å². The van der Waals surface area contributed by atoms with Gasteiger partial charge in [0.15, 0.2) is 0 Å². The smallest absolute Gasteiger partial charge is 0.133 e. The summed E-state index contributed by atoms with van der Waals surface area (Å²) in [6.07, 6.45) is 2.69. The molecule has 0 heterocycles. The lowest BCUT2D eigenvalue weighted by molar-refractivity contribution is 0.254. The van der Waals surface area contributed by atoms with Crippen LogP contribution in [0.5, 0.6) is 5.75 Å². The largest absolute Gasteiger partial charge is 0.492 e. The monoisotopic (exact) mass is 283 g/mol. The molecule has 0 spiro atoms. The number of halogens is 1. The molecule has 1 unspecified atom stereocenters. The predicted octanol–water partition coefficient (Wildman–Crippen LogP) is 3.22. The SMILES string of the molecule is CC(CNC1CC1)COc1ccccc1Br. The lowest BCUT2D eigenvalue weighted by Gasteiger charge is -2.14. The first kappa shape index (κ1) is 11.9. The van der Waals surface area contributed by atoms with Crippen molar-refractivity contribution in [2.75, 3.05) is 13.2 Å². The molecular weight excluding hydrogens is 266 g/mol. The van der Waals surface area contributed by atoms with Gasteiger partial charge in [-0.1, -0.05) is 19.1 Å². The number of rotatable bonds is 6. The highest BCUT2D eigenvalue weighted by molar-refractivity contribution is 9.10. The molecule has 0 amide bonds. The zero-order valence-corrected chi connectivity index (χ0v) is 11.2. The molecule has 2 rings (SSSR count). The van der Waals surface area contributed by atoms with E-state index < -0.39 is 0 Å². The molecule has 0 aromatic heterocycles. The van der Waals surface area contributed by atoms with Crippen LogP contribution in [0.25, 0.3) is 0 Å². The van der Waals surface area contributed by atoms with E-state index in [0.717, 1.165) is 29.4 Å². The van der Waals surface area contributed by atoms with Crippen molar-refractivity contribution in [2.45, 2.75) is 25.8 Å². The van der Waals surface area contributed by atoms with Crippen molar-refractivity contribution in [3.8, 4) is 5.75 Å². The minimum Gasteiger partial charge on any atom is -0.492 e. The number of hydrogen-bond donors (Lipinski definition) is 1. The summed E-state index contributed by atoms with van der Waals surface area (Å²) in [5, 5.41) is 3.52. The van der Waals surface area contributed by atoms with Gasteiger partial charge in [-0.05, 0) is 40.9 Å². The average Bonchev–Trinajstić information content (AvgIpc) is 3.09. The van der Waals surface area contributed by atoms with Crippen LogP contribution in [0, 0.1) is 5.92 Å². The molecule has 2 nitrogen and oxygen atoms in total. The second-order valence-corrected chi connectivity index (χ2v) is 5.38. The fourth-order valence-corrected chi connectivity index (χ4v) is 1.91. The molecule has 1 N–H and O–H groups in total. The Labute approximate surface area is 106 Å². The third-order valence-electron chi connectivity index (χ3n) is 2.69. The number of para-hydroxylation sites is 1. The summed E-state index contributed by atoms with van der Waals surface area (Å²) in [7, 11) is 0. The average molecular weight is 284 g/mol. The second-order valence-electron chi connectivity index (χ2n) is 4.53. The summed E-state index contributed by atoms with van der Waals surface area (Å²) in [6, 6.07) is 8.77. The molecule has 0 radical (unpaired) electrons. The molecule has 3 heteroatoms. The van der Waals surface area contributed by atoms with Gasteiger partial charge in [0.25, 0.3) is 0 Å². The van der Waals surface area contributed by atoms with Crippen molar-refractivity contribution in [1.82, 2.24) is 5.32 Å². The Morgan fingerprint density at radius 1 is 1.44 bits per heavy atom. The maximum atomic E-state index is 5.76. The fourth-order valence-electron chi connectivity index (χ4n) is 1.51. The third-order valence-corrected chi connectivity index (χ3v) is 3.35. The zero-order valence-electron chi connectivity index (χ0n) is 9.58. The van der Waals surface area contributed by atoms with Gasteiger partial charge in [-0.25, -0.2) is 0 Å². The normalized spacial score (nSPS) is 17.1. The summed E-state index contributed by atoms with van der Waals surface area (Å²) >= 11 is 3.48. The van der Waals surface area contributed by atoms with E-state index in [4.69, 9.17) is 4.74 Å². The standard InChI is InChI=1S/C13H18BrNO/c1-10(8-15-11-6-7-11)9-16-13-5-3-2-4-12(13)14/h2-5,10-11,15H,6-9H2,1H3. The van der Waals surface area contributed by atoms with Crippen LogP contribution in [0.1, 0.15) is 19.8 Å². The highest BCUT2D eigenvalue weighted by Gasteiger charge is 2.20. The second kappa shape index (κ2) is 5.69. The van der Waals surface area contributed by atoms with Crippen LogP contribution in [0.4, 0.5) is 0 Å². The Hall–Kier alpha value is -0.540. The van der Waals surface area contributed by atoms with Crippen LogP contribution in [0.3, 0.4) is 0 Å². The zero-order chi connectivity index (χ0) is 11.4. The summed E-state index contributed by atoms with van der Waals surface area (Å²) in [5.41, 5.74) is 0. The Balaban J connectivity index is 1.71. The maximum Gasteiger partial charge on any atom is 0.133 e. The van der Waals surface area contributed by atoms with Gasteiger partial charge in [0.1, 0.15) is 5.75 Å². The lowest BCUT2D eigenvalue weighted by atomic mass is 10.2. The van der Waals surface area contributed by atoms with Crippen molar-refractivity contribution in [2.24, 2.45) is 5.92 Å². The van der Waals surface area contributed by atoms with Gasteiger partial charge in [-0.15, -0.1) is 0 Å². The highest BCUT2D eigenvalue weighted by atomic mass is 79.9. The topological polar surface area (TPSA) is 21.3 Å². The van der Waals surface area contributed by atoms with Crippen LogP contribution in [-0.2, 0) is 0 Å². The van der Waals surface area contributed by atoms with E-state index in [2.05, 4.69) is 28.2 Å². The number of nitrogens with one attached hydrogen (secondary N) is 1. The number of ether oxygens (including phenoxy) is 1. The first-order valence-electron chi connectivity index (χ1n) is 5.86. The summed E-state index contributed by atoms with van der Waals surface area (Å²) in [4.78, 5) is 0. The van der Waals surface area contributed by atoms with E-state index in [0.29, 0.717) is 5.92 Å². The molecule has 1 saturated carbocycles. The molecule has 1 atom stereocenters. The molecule has 0 bridgehead atoms. The summed E-state index contributed by atoms with van der Waals surface area (Å²) in [6.45, 7) is 4.03. The lowest BCUT2D eigenvalue weighted by Crippen LogP contribution is -2.26. The van der Waals surface area contributed by atoms with Crippen LogP contribution in [0.2, 0.25) is 0 Å². The van der Waals surface area contributed by atoms with Gasteiger partial charge in [0.2, 0.25) is 0 Å². The molecule has 1 aliphatic rings. The summed E-state index contributed by atoms with van der Waals surface area (Å²) < 4.78 is 6.79. The van der Waals surface area contributed by atoms with Crippen LogP contribution in [0.15, 0.2) is 28.7 Å². The van der Waals surface area contributed by atoms with Gasteiger partial charge in [-0.3, -0.25) is 0 Å². The van der Waals surface area contributed by atoms with E-state index in [-0.39, 0.29) is 0 Å². The summed E-state index contributed by atoms with van der Waals surface area (Å²) in [5.74, 6) is 1.48. The van der Waals surface area contributed by atoms with E-state index in [1.54, 1.807) is 0 Å². The maximum absolute atomic E-state index is 5.76. The van der Waals surface area contributed by atoms with Crippen LogP contribution >= 0.6 is 15.9 Å². The van der Waals surface area contributed by atoms with E-state index in [1.807, 2.05) is 24.3 Å². The molecular formula is C13H18BrNO. The van der Waals surface area contributed by atoms with Gasteiger partial charge >= 0.3 is 0 Å². The fraction of sp³-hybridized carbons (Fsp3) is 0.538. The van der Waals surface area contributed by atoms with Crippen molar-refractivity contribution in [3.05, 3.63) is 28.7 Å². The quantitative estimate of drug-likeness (QED) is 0.866. The first-order chi connectivity index (χ1) is 7.75. The minimum atomic E-state index is 0.549. The molecule has 0 saturated heterocycles. The first-order valence-corrected chi connectivity index (χ1v) is 6.65. The highest BCUT2D eigenvalue weighted by Crippen LogP contribution is 2.24. The molecule has 1 aliphatic carbocycles. The minimum absolute atomic E-state index is 0.549. The molecule has 0 aliphatic heterocycles. The van der Waals surface area contributed by atoms with E-state index in [1.165, 1.54) is 12.8 Å². The Morgan fingerprint density at radius 3 is 2.88 bits per heavy atom. The predicted molar refractivity (Wildman–Crippen MR) is 69.8 cm³/mol. The molecule has 16 heavy (non-hydrogen) atoms. The third kappa shape index (κ3) is 3.80. The Morgan fingerprint density at radius 2 is 2.19 bits per heavy atom. The van der Waals surface area contributed by atoms with Crippen molar-refractivity contribution in [1.29, 1.82) is 0 Å².